The minimum atomic E-state index is -0.0169. The minimum Gasteiger partial charge on any atom is -0.312 e. The molecule has 0 radical (unpaired) electrons. The van der Waals surface area contributed by atoms with Crippen LogP contribution in [-0.2, 0) is 0 Å². The van der Waals surface area contributed by atoms with Crippen molar-refractivity contribution in [1.82, 2.24) is 23.9 Å². The summed E-state index contributed by atoms with van der Waals surface area (Å²) in [6, 6.07) is 5.77. The predicted molar refractivity (Wildman–Crippen MR) is 117 cm³/mol. The third kappa shape index (κ3) is 3.07. The molecule has 0 unspecified atom stereocenters. The number of hydrogen-bond acceptors (Lipinski definition) is 5. The van der Waals surface area contributed by atoms with Gasteiger partial charge in [-0.25, -0.2) is 20.2 Å². The van der Waals surface area contributed by atoms with Crippen molar-refractivity contribution in [2.45, 2.75) is 45.4 Å². The topological polar surface area (TPSA) is 88.9 Å². The van der Waals surface area contributed by atoms with Gasteiger partial charge in [0.2, 0.25) is 0 Å². The first-order chi connectivity index (χ1) is 14.5. The van der Waals surface area contributed by atoms with Crippen molar-refractivity contribution in [1.29, 1.82) is 5.26 Å². The van der Waals surface area contributed by atoms with E-state index in [-0.39, 0.29) is 18.3 Å². The molecule has 1 aliphatic rings. The molecule has 8 heteroatoms. The van der Waals surface area contributed by atoms with E-state index in [1.807, 2.05) is 59.6 Å². The first kappa shape index (κ1) is 18.6. The number of aryl methyl sites for hydroxylation is 2. The molecule has 1 saturated heterocycles. The van der Waals surface area contributed by atoms with Crippen molar-refractivity contribution in [3.05, 3.63) is 58.5 Å². The van der Waals surface area contributed by atoms with Crippen LogP contribution in [0, 0.1) is 25.1 Å². The largest absolute Gasteiger partial charge is 0.312 e. The molecule has 30 heavy (non-hydrogen) atoms. The van der Waals surface area contributed by atoms with E-state index in [1.165, 1.54) is 0 Å². The molecule has 5 rings (SSSR count). The number of rotatable bonds is 2. The highest BCUT2D eigenvalue weighted by Crippen LogP contribution is 2.28. The van der Waals surface area contributed by atoms with Gasteiger partial charge in [-0.15, -0.1) is 0 Å². The summed E-state index contributed by atoms with van der Waals surface area (Å²) in [5, 5.41) is 9.71. The van der Waals surface area contributed by atoms with Crippen LogP contribution >= 0.6 is 0 Å². The Bertz CT molecular complexity index is 1370. The van der Waals surface area contributed by atoms with Crippen LogP contribution in [0.4, 0.5) is 0 Å². The first-order valence-corrected chi connectivity index (χ1v) is 10.3. The number of fused-ring (bicyclic) bond motifs is 2. The van der Waals surface area contributed by atoms with Crippen molar-refractivity contribution in [3.8, 4) is 17.4 Å². The highest BCUT2D eigenvalue weighted by molar-refractivity contribution is 6.67. The standard InChI is InChI=1S/C22H21BN6O/c1-14-11-28-12-20(26-15(2)21(28)25-14)19-4-3-17-18(27-19)7-10-29(22(17)30)16-5-8-23(13-24)9-6-16/h3-4,7,10-12,16H,5-6,8-9H2,1-2H3. The monoisotopic (exact) mass is 396 g/mol. The summed E-state index contributed by atoms with van der Waals surface area (Å²) in [7, 11) is 0. The van der Waals surface area contributed by atoms with E-state index in [2.05, 4.69) is 15.9 Å². The van der Waals surface area contributed by atoms with Crippen LogP contribution in [0.1, 0.15) is 30.3 Å². The van der Waals surface area contributed by atoms with E-state index in [4.69, 9.17) is 10.2 Å². The molecule has 0 spiro atoms. The van der Waals surface area contributed by atoms with Gasteiger partial charge in [-0.05, 0) is 44.9 Å². The van der Waals surface area contributed by atoms with Crippen LogP contribution in [0.15, 0.2) is 41.6 Å². The Hall–Kier alpha value is -3.47. The van der Waals surface area contributed by atoms with Gasteiger partial charge in [0.1, 0.15) is 5.69 Å². The van der Waals surface area contributed by atoms with Crippen LogP contribution in [-0.4, -0.2) is 30.6 Å². The zero-order valence-electron chi connectivity index (χ0n) is 17.0. The zero-order valence-corrected chi connectivity index (χ0v) is 17.0. The summed E-state index contributed by atoms with van der Waals surface area (Å²) in [4.78, 5) is 27.0. The lowest BCUT2D eigenvalue weighted by Crippen LogP contribution is -2.29. The average molecular weight is 396 g/mol. The molecular formula is C22H21BN6O. The molecule has 148 valence electrons. The van der Waals surface area contributed by atoms with Crippen molar-refractivity contribution in [2.75, 3.05) is 0 Å². The summed E-state index contributed by atoms with van der Waals surface area (Å²) >= 11 is 0. The van der Waals surface area contributed by atoms with Crippen LogP contribution in [0.2, 0.25) is 12.6 Å². The Morgan fingerprint density at radius 1 is 1.07 bits per heavy atom. The SMILES string of the molecule is Cc1cn2cc(-c3ccc4c(=O)n(C5CCB(C#N)CC5)ccc4n3)nc(C)c2n1. The van der Waals surface area contributed by atoms with Gasteiger partial charge in [0.25, 0.3) is 12.3 Å². The summed E-state index contributed by atoms with van der Waals surface area (Å²) in [6.45, 7) is 4.01. The Morgan fingerprint density at radius 3 is 2.63 bits per heavy atom. The Labute approximate surface area is 174 Å². The fourth-order valence-corrected chi connectivity index (χ4v) is 4.45. The lowest BCUT2D eigenvalue weighted by Gasteiger charge is -2.25. The number of imidazole rings is 1. The Kier molecular flexibility index (Phi) is 4.39. The van der Waals surface area contributed by atoms with E-state index in [9.17, 15) is 4.79 Å². The molecule has 0 aromatic carbocycles. The molecule has 7 nitrogen and oxygen atoms in total. The molecule has 0 bridgehead atoms. The fourth-order valence-electron chi connectivity index (χ4n) is 4.45. The lowest BCUT2D eigenvalue weighted by atomic mass is 9.42. The van der Waals surface area contributed by atoms with Crippen LogP contribution < -0.4 is 5.56 Å². The lowest BCUT2D eigenvalue weighted by molar-refractivity contribution is 0.445. The second-order valence-corrected chi connectivity index (χ2v) is 8.12. The number of pyridine rings is 2. The summed E-state index contributed by atoms with van der Waals surface area (Å²) in [5.41, 5.74) is 4.74. The first-order valence-electron chi connectivity index (χ1n) is 10.3. The smallest absolute Gasteiger partial charge is 0.268 e. The highest BCUT2D eigenvalue weighted by Gasteiger charge is 2.26. The van der Waals surface area contributed by atoms with Gasteiger partial charge in [0.05, 0.1) is 28.0 Å². The van der Waals surface area contributed by atoms with Crippen LogP contribution in [0.25, 0.3) is 27.9 Å². The molecule has 4 aromatic heterocycles. The fraction of sp³-hybridized carbons (Fsp3) is 0.318. The van der Waals surface area contributed by atoms with Crippen molar-refractivity contribution < 1.29 is 0 Å². The molecule has 0 saturated carbocycles. The van der Waals surface area contributed by atoms with Crippen LogP contribution in [0.3, 0.4) is 0 Å². The second kappa shape index (κ2) is 7.10. The number of aromatic nitrogens is 5. The van der Waals surface area contributed by atoms with E-state index < -0.39 is 0 Å². The zero-order chi connectivity index (χ0) is 20.8. The number of hydrogen-bond donors (Lipinski definition) is 0. The molecule has 4 aromatic rings. The molecular weight excluding hydrogens is 375 g/mol. The van der Waals surface area contributed by atoms with Gasteiger partial charge < -0.3 is 8.97 Å². The van der Waals surface area contributed by atoms with Gasteiger partial charge >= 0.3 is 0 Å². The second-order valence-electron chi connectivity index (χ2n) is 8.12. The van der Waals surface area contributed by atoms with Gasteiger partial charge in [-0.3, -0.25) is 4.79 Å². The van der Waals surface area contributed by atoms with E-state index in [0.29, 0.717) is 10.9 Å². The van der Waals surface area contributed by atoms with Crippen LogP contribution in [0.5, 0.6) is 0 Å². The molecule has 0 aliphatic carbocycles. The molecule has 0 N–H and O–H groups in total. The van der Waals surface area contributed by atoms with E-state index >= 15 is 0 Å². The number of nitrogens with zero attached hydrogens (tertiary/aromatic N) is 6. The van der Waals surface area contributed by atoms with Crippen molar-refractivity contribution in [3.63, 3.8) is 0 Å². The van der Waals surface area contributed by atoms with Gasteiger partial charge in [-0.2, -0.15) is 0 Å². The Morgan fingerprint density at radius 2 is 1.87 bits per heavy atom. The maximum atomic E-state index is 13.1. The van der Waals surface area contributed by atoms with Crippen molar-refractivity contribution in [2.24, 2.45) is 0 Å². The molecule has 0 amide bonds. The normalized spacial score (nSPS) is 15.0. The van der Waals surface area contributed by atoms with E-state index in [0.717, 1.165) is 53.9 Å². The third-order valence-corrected chi connectivity index (χ3v) is 6.04. The summed E-state index contributed by atoms with van der Waals surface area (Å²) in [6.07, 6.45) is 9.17. The maximum Gasteiger partial charge on any atom is 0.268 e. The average Bonchev–Trinajstić information content (AvgIpc) is 3.15. The molecule has 0 atom stereocenters. The summed E-state index contributed by atoms with van der Waals surface area (Å²) in [5.74, 6) is 2.35. The predicted octanol–water partition coefficient (Wildman–Crippen LogP) is 3.62. The van der Waals surface area contributed by atoms with Gasteiger partial charge in [-0.1, -0.05) is 12.6 Å². The van der Waals surface area contributed by atoms with E-state index in [1.54, 1.807) is 0 Å². The molecule has 1 aliphatic heterocycles. The van der Waals surface area contributed by atoms with Gasteiger partial charge in [0.15, 0.2) is 5.65 Å². The highest BCUT2D eigenvalue weighted by atomic mass is 16.1. The third-order valence-electron chi connectivity index (χ3n) is 6.04. The molecule has 5 heterocycles. The van der Waals surface area contributed by atoms with Gasteiger partial charge in [0, 0.05) is 30.6 Å². The minimum absolute atomic E-state index is 0.0169. The molecule has 1 fully saturated rings. The quantitative estimate of drug-likeness (QED) is 0.483. The Balaban J connectivity index is 1.53. The van der Waals surface area contributed by atoms with Crippen molar-refractivity contribution >= 4 is 23.3 Å². The summed E-state index contributed by atoms with van der Waals surface area (Å²) < 4.78 is 3.79. The number of nitriles is 1. The maximum absolute atomic E-state index is 13.1.